The lowest BCUT2D eigenvalue weighted by atomic mass is 9.85. The molecule has 0 aliphatic heterocycles. The highest BCUT2D eigenvalue weighted by Gasteiger charge is 2.24. The van der Waals surface area contributed by atoms with E-state index in [1.807, 2.05) is 49.4 Å². The van der Waals surface area contributed by atoms with Crippen LogP contribution in [0.5, 0.6) is 0 Å². The van der Waals surface area contributed by atoms with Crippen molar-refractivity contribution in [3.8, 4) is 6.07 Å². The molecule has 30 heavy (non-hydrogen) atoms. The minimum Gasteiger partial charge on any atom is -0.349 e. The summed E-state index contributed by atoms with van der Waals surface area (Å²) in [7, 11) is 0. The molecule has 0 aliphatic carbocycles. The summed E-state index contributed by atoms with van der Waals surface area (Å²) in [5, 5.41) is 13.6. The Labute approximate surface area is 191 Å². The van der Waals surface area contributed by atoms with Crippen molar-refractivity contribution in [1.29, 1.82) is 5.26 Å². The molecule has 0 saturated heterocycles. The molecule has 3 aromatic rings. The summed E-state index contributed by atoms with van der Waals surface area (Å²) in [5.41, 5.74) is 2.86. The van der Waals surface area contributed by atoms with Crippen molar-refractivity contribution in [1.82, 2.24) is 5.32 Å². The summed E-state index contributed by atoms with van der Waals surface area (Å²) in [5.74, 6) is -0.416. The highest BCUT2D eigenvalue weighted by molar-refractivity contribution is 6.39. The third kappa shape index (κ3) is 5.34. The van der Waals surface area contributed by atoms with Gasteiger partial charge in [-0.25, -0.2) is 0 Å². The van der Waals surface area contributed by atoms with Crippen LogP contribution in [0.25, 0.3) is 0 Å². The van der Waals surface area contributed by atoms with Crippen molar-refractivity contribution in [3.63, 3.8) is 0 Å². The predicted molar refractivity (Wildman–Crippen MR) is 122 cm³/mol. The molecule has 0 heterocycles. The van der Waals surface area contributed by atoms with Gasteiger partial charge in [-0.3, -0.25) is 4.79 Å². The molecule has 0 unspecified atom stereocenters. The zero-order valence-electron chi connectivity index (χ0n) is 16.2. The number of carbonyl (C=O) groups excluding carboxylic acids is 1. The highest BCUT2D eigenvalue weighted by Crippen LogP contribution is 2.28. The Hall–Kier alpha value is -2.51. The van der Waals surface area contributed by atoms with Gasteiger partial charge in [-0.1, -0.05) is 65.1 Å². The van der Waals surface area contributed by atoms with Gasteiger partial charge in [-0.2, -0.15) is 5.26 Å². The van der Waals surface area contributed by atoms with Crippen LogP contribution < -0.4 is 5.32 Å². The Bertz CT molecular complexity index is 1070. The van der Waals surface area contributed by atoms with E-state index in [9.17, 15) is 10.1 Å². The molecule has 0 aliphatic rings. The van der Waals surface area contributed by atoms with Gasteiger partial charge in [-0.15, -0.1) is 0 Å². The third-order valence-corrected chi connectivity index (χ3v) is 5.85. The fourth-order valence-corrected chi connectivity index (χ4v) is 4.09. The molecule has 0 fully saturated rings. The van der Waals surface area contributed by atoms with E-state index < -0.39 is 0 Å². The molecule has 0 bridgehead atoms. The van der Waals surface area contributed by atoms with E-state index in [0.29, 0.717) is 27.1 Å². The van der Waals surface area contributed by atoms with Gasteiger partial charge in [0.05, 0.1) is 27.2 Å². The van der Waals surface area contributed by atoms with E-state index in [0.717, 1.165) is 11.1 Å². The lowest BCUT2D eigenvalue weighted by Crippen LogP contribution is -2.38. The largest absolute Gasteiger partial charge is 0.349 e. The second kappa shape index (κ2) is 10.00. The topological polar surface area (TPSA) is 52.9 Å². The van der Waals surface area contributed by atoms with Crippen LogP contribution in [0.15, 0.2) is 66.7 Å². The number of benzene rings is 3. The molecule has 152 valence electrons. The van der Waals surface area contributed by atoms with E-state index in [1.54, 1.807) is 24.3 Å². The zero-order valence-corrected chi connectivity index (χ0v) is 18.5. The van der Waals surface area contributed by atoms with Crippen LogP contribution in [0.3, 0.4) is 0 Å². The second-order valence-electron chi connectivity index (χ2n) is 7.03. The molecule has 2 atom stereocenters. The van der Waals surface area contributed by atoms with E-state index in [1.165, 1.54) is 0 Å². The SMILES string of the molecule is C[C@H](NC(=O)c1c(Cl)cccc1Cl)[C@@H](Cc1ccc(Cl)cc1)c1cccc(C#N)c1. The van der Waals surface area contributed by atoms with Crippen molar-refractivity contribution in [2.45, 2.75) is 25.3 Å². The maximum absolute atomic E-state index is 12.9. The Morgan fingerprint density at radius 2 is 1.63 bits per heavy atom. The maximum Gasteiger partial charge on any atom is 0.254 e. The Morgan fingerprint density at radius 3 is 2.27 bits per heavy atom. The average Bonchev–Trinajstić information content (AvgIpc) is 2.73. The summed E-state index contributed by atoms with van der Waals surface area (Å²) < 4.78 is 0. The monoisotopic (exact) mass is 456 g/mol. The summed E-state index contributed by atoms with van der Waals surface area (Å²) in [4.78, 5) is 12.9. The molecule has 1 N–H and O–H groups in total. The fourth-order valence-electron chi connectivity index (χ4n) is 3.39. The minimum atomic E-state index is -0.337. The molecular formula is C24H19Cl3N2O. The van der Waals surface area contributed by atoms with Crippen LogP contribution in [0, 0.1) is 11.3 Å². The van der Waals surface area contributed by atoms with Gasteiger partial charge in [0.2, 0.25) is 0 Å². The quantitative estimate of drug-likeness (QED) is 0.450. The molecule has 0 radical (unpaired) electrons. The molecule has 0 saturated carbocycles. The number of hydrogen-bond acceptors (Lipinski definition) is 2. The van der Waals surface area contributed by atoms with Gasteiger partial charge in [-0.05, 0) is 60.9 Å². The molecule has 1 amide bonds. The maximum atomic E-state index is 12.9. The fraction of sp³-hybridized carbons (Fsp3) is 0.167. The van der Waals surface area contributed by atoms with E-state index in [4.69, 9.17) is 34.8 Å². The van der Waals surface area contributed by atoms with E-state index in [-0.39, 0.29) is 23.4 Å². The van der Waals surface area contributed by atoms with Crippen molar-refractivity contribution < 1.29 is 4.79 Å². The second-order valence-corrected chi connectivity index (χ2v) is 8.28. The molecule has 3 aromatic carbocycles. The number of carbonyl (C=O) groups is 1. The van der Waals surface area contributed by atoms with E-state index in [2.05, 4.69) is 11.4 Å². The van der Waals surface area contributed by atoms with Crippen LogP contribution in [0.4, 0.5) is 0 Å². The average molecular weight is 458 g/mol. The molecule has 0 aromatic heterocycles. The first-order chi connectivity index (χ1) is 14.4. The van der Waals surface area contributed by atoms with Gasteiger partial charge in [0.1, 0.15) is 0 Å². The molecular weight excluding hydrogens is 439 g/mol. The molecule has 6 heteroatoms. The van der Waals surface area contributed by atoms with Gasteiger partial charge in [0.25, 0.3) is 5.91 Å². The Balaban J connectivity index is 1.91. The lowest BCUT2D eigenvalue weighted by molar-refractivity contribution is 0.0934. The number of hydrogen-bond donors (Lipinski definition) is 1. The van der Waals surface area contributed by atoms with E-state index >= 15 is 0 Å². The Kier molecular flexibility index (Phi) is 7.39. The smallest absolute Gasteiger partial charge is 0.254 e. The standard InChI is InChI=1S/C24H19Cl3N2O/c1-15(29-24(30)23-21(26)6-3-7-22(23)27)20(13-16-8-10-19(25)11-9-16)18-5-2-4-17(12-18)14-28/h2-12,15,20H,13H2,1H3,(H,29,30)/t15-,20+/m0/s1. The zero-order chi connectivity index (χ0) is 21.7. The predicted octanol–water partition coefficient (Wildman–Crippen LogP) is 6.66. The van der Waals surface area contributed by atoms with Gasteiger partial charge in [0.15, 0.2) is 0 Å². The number of amides is 1. The third-order valence-electron chi connectivity index (χ3n) is 4.96. The summed E-state index contributed by atoms with van der Waals surface area (Å²) in [6.45, 7) is 1.93. The van der Waals surface area contributed by atoms with Crippen LogP contribution in [0.2, 0.25) is 15.1 Å². The van der Waals surface area contributed by atoms with Crippen LogP contribution >= 0.6 is 34.8 Å². The number of halogens is 3. The van der Waals surface area contributed by atoms with Crippen LogP contribution in [0.1, 0.15) is 39.9 Å². The first kappa shape index (κ1) is 22.2. The summed E-state index contributed by atoms with van der Waals surface area (Å²) >= 11 is 18.4. The number of rotatable bonds is 6. The number of nitrogens with one attached hydrogen (secondary N) is 1. The summed E-state index contributed by atoms with van der Waals surface area (Å²) in [6.07, 6.45) is 0.656. The van der Waals surface area contributed by atoms with Gasteiger partial charge in [0, 0.05) is 17.0 Å². The number of nitriles is 1. The molecule has 3 nitrogen and oxygen atoms in total. The van der Waals surface area contributed by atoms with Crippen molar-refractivity contribution >= 4 is 40.7 Å². The van der Waals surface area contributed by atoms with Crippen LogP contribution in [-0.2, 0) is 6.42 Å². The highest BCUT2D eigenvalue weighted by atomic mass is 35.5. The lowest BCUT2D eigenvalue weighted by Gasteiger charge is -2.26. The molecule has 0 spiro atoms. The van der Waals surface area contributed by atoms with Crippen molar-refractivity contribution in [3.05, 3.63) is 104 Å². The van der Waals surface area contributed by atoms with Gasteiger partial charge < -0.3 is 5.32 Å². The van der Waals surface area contributed by atoms with Crippen LogP contribution in [-0.4, -0.2) is 11.9 Å². The van der Waals surface area contributed by atoms with Crippen molar-refractivity contribution in [2.24, 2.45) is 0 Å². The minimum absolute atomic E-state index is 0.0790. The first-order valence-corrected chi connectivity index (χ1v) is 10.5. The normalized spacial score (nSPS) is 12.6. The van der Waals surface area contributed by atoms with Crippen molar-refractivity contribution in [2.75, 3.05) is 0 Å². The Morgan fingerprint density at radius 1 is 1.00 bits per heavy atom. The van der Waals surface area contributed by atoms with Gasteiger partial charge >= 0.3 is 0 Å². The molecule has 3 rings (SSSR count). The summed E-state index contributed by atoms with van der Waals surface area (Å²) in [6, 6.07) is 21.9. The number of nitrogens with zero attached hydrogens (tertiary/aromatic N) is 1. The first-order valence-electron chi connectivity index (χ1n) is 9.38.